The lowest BCUT2D eigenvalue weighted by Crippen LogP contribution is -2.53. The average molecular weight is 392 g/mol. The van der Waals surface area contributed by atoms with Gasteiger partial charge in [-0.1, -0.05) is 0 Å². The zero-order chi connectivity index (χ0) is 20.3. The Hall–Kier alpha value is -3.96. The molecule has 0 aliphatic carbocycles. The number of methoxy groups -OCH3 is 2. The number of carbonyl (C=O) groups excluding carboxylic acids is 4. The van der Waals surface area contributed by atoms with Crippen molar-refractivity contribution in [1.82, 2.24) is 10.2 Å². The molecule has 0 unspecified atom stereocenters. The van der Waals surface area contributed by atoms with Gasteiger partial charge in [-0.2, -0.15) is 0 Å². The van der Waals surface area contributed by atoms with Crippen molar-refractivity contribution >= 4 is 35.6 Å². The molecule has 0 aromatic carbocycles. The van der Waals surface area contributed by atoms with Crippen LogP contribution in [0.3, 0.4) is 0 Å². The Balaban J connectivity index is 1.81. The fourth-order valence-corrected chi connectivity index (χ4v) is 2.52. The van der Waals surface area contributed by atoms with Crippen molar-refractivity contribution in [3.63, 3.8) is 0 Å². The lowest BCUT2D eigenvalue weighted by molar-refractivity contribution is 0.128. The van der Waals surface area contributed by atoms with Crippen LogP contribution in [0.15, 0.2) is 33.9 Å². The Bertz CT molecular complexity index is 917. The Morgan fingerprint density at radius 2 is 1.86 bits per heavy atom. The van der Waals surface area contributed by atoms with Crippen LogP contribution in [-0.2, 0) is 22.6 Å². The van der Waals surface area contributed by atoms with Gasteiger partial charge in [0.25, 0.3) is 0 Å². The lowest BCUT2D eigenvalue weighted by Gasteiger charge is -2.31. The standard InChI is InChI=1S/C16H16N4O8/c1-25-14(22)17-3-9-5-27-7-11(9)18-13(21)20-12-8-28-6-10(12)4-19(15(20)23)16(24)26-2/h5-8H,3-4H2,1-2H3,(H,17,22)(H,18,21). The molecule has 0 fully saturated rings. The molecule has 12 heteroatoms. The third-order valence-corrected chi connectivity index (χ3v) is 3.90. The summed E-state index contributed by atoms with van der Waals surface area (Å²) in [6, 6.07) is -1.77. The quantitative estimate of drug-likeness (QED) is 0.811. The van der Waals surface area contributed by atoms with Crippen molar-refractivity contribution in [2.75, 3.05) is 24.4 Å². The molecule has 0 spiro atoms. The second-order valence-corrected chi connectivity index (χ2v) is 5.54. The Labute approximate surface area is 157 Å². The molecule has 148 valence electrons. The SMILES string of the molecule is COC(=O)NCc1cocc1NC(=O)N1C(=O)N(C(=O)OC)Cc2cocc21. The van der Waals surface area contributed by atoms with Crippen LogP contribution in [0.2, 0.25) is 0 Å². The van der Waals surface area contributed by atoms with Gasteiger partial charge < -0.3 is 28.9 Å². The number of alkyl carbamates (subject to hydrolysis) is 1. The summed E-state index contributed by atoms with van der Waals surface area (Å²) in [7, 11) is 2.34. The number of rotatable bonds is 3. The van der Waals surface area contributed by atoms with Gasteiger partial charge in [-0.15, -0.1) is 0 Å². The highest BCUT2D eigenvalue weighted by Crippen LogP contribution is 2.31. The zero-order valence-corrected chi connectivity index (χ0v) is 14.9. The maximum atomic E-state index is 12.8. The van der Waals surface area contributed by atoms with Crippen molar-refractivity contribution < 1.29 is 37.5 Å². The molecule has 0 saturated carbocycles. The smallest absolute Gasteiger partial charge is 0.418 e. The van der Waals surface area contributed by atoms with Crippen LogP contribution in [0.4, 0.5) is 30.6 Å². The monoisotopic (exact) mass is 392 g/mol. The molecule has 2 N–H and O–H groups in total. The number of nitrogens with one attached hydrogen (secondary N) is 2. The van der Waals surface area contributed by atoms with Crippen LogP contribution < -0.4 is 15.5 Å². The van der Waals surface area contributed by atoms with E-state index in [0.29, 0.717) is 11.1 Å². The predicted octanol–water partition coefficient (Wildman–Crippen LogP) is 2.47. The van der Waals surface area contributed by atoms with E-state index in [1.54, 1.807) is 0 Å². The molecule has 0 radical (unpaired) electrons. The number of hydrogen-bond donors (Lipinski definition) is 2. The first-order valence-electron chi connectivity index (χ1n) is 7.88. The highest BCUT2D eigenvalue weighted by atomic mass is 16.5. The van der Waals surface area contributed by atoms with Crippen LogP contribution in [-0.4, -0.2) is 43.4 Å². The molecule has 0 saturated heterocycles. The van der Waals surface area contributed by atoms with E-state index >= 15 is 0 Å². The first-order valence-corrected chi connectivity index (χ1v) is 7.88. The normalized spacial score (nSPS) is 13.0. The summed E-state index contributed by atoms with van der Waals surface area (Å²) < 4.78 is 19.2. The van der Waals surface area contributed by atoms with Gasteiger partial charge in [-0.25, -0.2) is 29.0 Å². The van der Waals surface area contributed by atoms with Gasteiger partial charge in [-0.3, -0.25) is 0 Å². The van der Waals surface area contributed by atoms with E-state index in [4.69, 9.17) is 8.83 Å². The first-order chi connectivity index (χ1) is 13.5. The Morgan fingerprint density at radius 1 is 1.11 bits per heavy atom. The van der Waals surface area contributed by atoms with Crippen molar-refractivity contribution in [2.45, 2.75) is 13.1 Å². The second kappa shape index (κ2) is 7.73. The fourth-order valence-electron chi connectivity index (χ4n) is 2.52. The molecule has 2 aromatic rings. The van der Waals surface area contributed by atoms with Crippen LogP contribution in [0.5, 0.6) is 0 Å². The van der Waals surface area contributed by atoms with E-state index in [9.17, 15) is 19.2 Å². The summed E-state index contributed by atoms with van der Waals surface area (Å²) >= 11 is 0. The highest BCUT2D eigenvalue weighted by molar-refractivity contribution is 6.21. The lowest BCUT2D eigenvalue weighted by atomic mass is 10.2. The summed E-state index contributed by atoms with van der Waals surface area (Å²) in [5.74, 6) is 0. The molecule has 0 atom stereocenters. The van der Waals surface area contributed by atoms with Crippen LogP contribution in [0.1, 0.15) is 11.1 Å². The number of nitrogens with zero attached hydrogens (tertiary/aromatic N) is 2. The van der Waals surface area contributed by atoms with Crippen molar-refractivity contribution in [3.8, 4) is 0 Å². The first kappa shape index (κ1) is 18.8. The largest absolute Gasteiger partial charge is 0.470 e. The molecule has 1 aliphatic rings. The molecule has 2 aromatic heterocycles. The summed E-state index contributed by atoms with van der Waals surface area (Å²) in [5, 5.41) is 4.94. The molecular weight excluding hydrogens is 376 g/mol. The molecule has 3 rings (SSSR count). The molecule has 6 amide bonds. The Kier molecular flexibility index (Phi) is 5.20. The fraction of sp³-hybridized carbons (Fsp3) is 0.250. The molecule has 3 heterocycles. The number of hydrogen-bond acceptors (Lipinski definition) is 8. The van der Waals surface area contributed by atoms with E-state index in [0.717, 1.165) is 16.9 Å². The van der Waals surface area contributed by atoms with Gasteiger partial charge in [0, 0.05) is 11.1 Å². The van der Waals surface area contributed by atoms with Gasteiger partial charge in [0.15, 0.2) is 0 Å². The average Bonchev–Trinajstić information content (AvgIpc) is 3.33. The summed E-state index contributed by atoms with van der Waals surface area (Å²) in [4.78, 5) is 50.0. The zero-order valence-electron chi connectivity index (χ0n) is 14.9. The third-order valence-electron chi connectivity index (χ3n) is 3.90. The number of ether oxygens (including phenoxy) is 2. The number of furan rings is 2. The van der Waals surface area contributed by atoms with Gasteiger partial charge in [0.05, 0.1) is 51.2 Å². The number of carbonyl (C=O) groups is 4. The predicted molar refractivity (Wildman–Crippen MR) is 91.5 cm³/mol. The van der Waals surface area contributed by atoms with Crippen LogP contribution in [0.25, 0.3) is 0 Å². The van der Waals surface area contributed by atoms with E-state index in [2.05, 4.69) is 20.1 Å². The Morgan fingerprint density at radius 3 is 2.57 bits per heavy atom. The van der Waals surface area contributed by atoms with Crippen LogP contribution >= 0.6 is 0 Å². The molecule has 12 nitrogen and oxygen atoms in total. The van der Waals surface area contributed by atoms with E-state index in [1.165, 1.54) is 32.2 Å². The molecular formula is C16H16N4O8. The number of amides is 6. The van der Waals surface area contributed by atoms with Gasteiger partial charge >= 0.3 is 24.2 Å². The summed E-state index contributed by atoms with van der Waals surface area (Å²) in [6.07, 6.45) is 3.50. The molecule has 1 aliphatic heterocycles. The van der Waals surface area contributed by atoms with Crippen molar-refractivity contribution in [2.24, 2.45) is 0 Å². The molecule has 0 bridgehead atoms. The maximum Gasteiger partial charge on any atom is 0.418 e. The second-order valence-electron chi connectivity index (χ2n) is 5.54. The summed E-state index contributed by atoms with van der Waals surface area (Å²) in [6.45, 7) is -0.0842. The minimum Gasteiger partial charge on any atom is -0.470 e. The van der Waals surface area contributed by atoms with Crippen LogP contribution in [0, 0.1) is 0 Å². The third kappa shape index (κ3) is 3.47. The number of fused-ring (bicyclic) bond motifs is 1. The molecule has 28 heavy (non-hydrogen) atoms. The summed E-state index contributed by atoms with van der Waals surface area (Å²) in [5.41, 5.74) is 1.29. The number of imide groups is 2. The minimum atomic E-state index is -0.916. The van der Waals surface area contributed by atoms with E-state index < -0.39 is 24.2 Å². The topological polar surface area (TPSA) is 144 Å². The van der Waals surface area contributed by atoms with E-state index in [1.807, 2.05) is 0 Å². The van der Waals surface area contributed by atoms with Crippen molar-refractivity contribution in [1.29, 1.82) is 0 Å². The maximum absolute atomic E-state index is 12.8. The number of urea groups is 2. The van der Waals surface area contributed by atoms with Crippen molar-refractivity contribution in [3.05, 3.63) is 36.2 Å². The minimum absolute atomic E-state index is 0.0119. The van der Waals surface area contributed by atoms with Gasteiger partial charge in [0.2, 0.25) is 0 Å². The highest BCUT2D eigenvalue weighted by Gasteiger charge is 2.40. The number of anilines is 2. The van der Waals surface area contributed by atoms with E-state index in [-0.39, 0.29) is 24.5 Å². The van der Waals surface area contributed by atoms with Gasteiger partial charge in [-0.05, 0) is 0 Å². The van der Waals surface area contributed by atoms with Gasteiger partial charge in [0.1, 0.15) is 12.5 Å².